The lowest BCUT2D eigenvalue weighted by Gasteiger charge is -2.08. The molecule has 2 unspecified atom stereocenters. The average molecular weight is 238 g/mol. The van der Waals surface area contributed by atoms with Crippen molar-refractivity contribution < 1.29 is 9.90 Å². The lowest BCUT2D eigenvalue weighted by Crippen LogP contribution is -2.16. The topological polar surface area (TPSA) is 95.2 Å². The molecule has 2 heterocycles. The number of nitrogens with one attached hydrogen (secondary N) is 1. The van der Waals surface area contributed by atoms with Gasteiger partial charge in [0, 0.05) is 24.4 Å². The Labute approximate surface area is 99.8 Å². The number of nitrogens with two attached hydrogens (primary N) is 1. The van der Waals surface area contributed by atoms with Crippen LogP contribution in [0.2, 0.25) is 0 Å². The number of aromatic amines is 1. The van der Waals surface area contributed by atoms with Crippen LogP contribution in [-0.4, -0.2) is 46.1 Å². The highest BCUT2D eigenvalue weighted by molar-refractivity contribution is 5.67. The van der Waals surface area contributed by atoms with E-state index < -0.39 is 12.0 Å². The minimum Gasteiger partial charge on any atom is -0.481 e. The number of carbonyl (C=O) groups is 1. The van der Waals surface area contributed by atoms with Crippen molar-refractivity contribution in [3.63, 3.8) is 0 Å². The highest BCUT2D eigenvalue weighted by Crippen LogP contribution is 2.25. The molecule has 6 heteroatoms. The Kier molecular flexibility index (Phi) is 3.44. The largest absolute Gasteiger partial charge is 0.481 e. The molecular weight excluding hydrogens is 220 g/mol. The average Bonchev–Trinajstić information content (AvgIpc) is 2.84. The minimum atomic E-state index is -0.906. The van der Waals surface area contributed by atoms with Gasteiger partial charge in [-0.1, -0.05) is 0 Å². The molecule has 0 aliphatic carbocycles. The molecule has 0 amide bonds. The number of nitrogens with zero attached hydrogens (tertiary/aromatic N) is 2. The van der Waals surface area contributed by atoms with Crippen LogP contribution < -0.4 is 5.73 Å². The number of likely N-dealkylation sites (tertiary alicyclic amines) is 1. The summed E-state index contributed by atoms with van der Waals surface area (Å²) < 4.78 is 0. The third-order valence-electron chi connectivity index (χ3n) is 3.19. The normalized spacial score (nSPS) is 22.8. The zero-order valence-electron chi connectivity index (χ0n) is 9.89. The minimum absolute atomic E-state index is 0.0997. The second kappa shape index (κ2) is 4.85. The summed E-state index contributed by atoms with van der Waals surface area (Å²) in [5.41, 5.74) is 6.81. The fourth-order valence-corrected chi connectivity index (χ4v) is 2.22. The molecule has 1 saturated heterocycles. The van der Waals surface area contributed by atoms with E-state index in [1.807, 2.05) is 0 Å². The predicted molar refractivity (Wildman–Crippen MR) is 62.6 cm³/mol. The van der Waals surface area contributed by atoms with Crippen LogP contribution in [0.5, 0.6) is 0 Å². The standard InChI is InChI=1S/C11H18N4O2/c1-15-3-2-7(6-15)9-5-13-11(14-9)8(12)4-10(16)17/h5,7-8H,2-4,6,12H2,1H3,(H,13,14)(H,16,17). The lowest BCUT2D eigenvalue weighted by atomic mass is 10.1. The molecule has 4 N–H and O–H groups in total. The molecule has 0 radical (unpaired) electrons. The number of aromatic nitrogens is 2. The van der Waals surface area contributed by atoms with E-state index in [0.29, 0.717) is 11.7 Å². The van der Waals surface area contributed by atoms with Crippen LogP contribution in [0.1, 0.15) is 36.3 Å². The number of likely N-dealkylation sites (N-methyl/N-ethyl adjacent to an activating group) is 1. The molecule has 0 bridgehead atoms. The number of carboxylic acids is 1. The molecule has 2 atom stereocenters. The molecular formula is C11H18N4O2. The summed E-state index contributed by atoms with van der Waals surface area (Å²) in [7, 11) is 2.09. The Morgan fingerprint density at radius 1 is 1.82 bits per heavy atom. The number of hydrogen-bond acceptors (Lipinski definition) is 4. The van der Waals surface area contributed by atoms with Gasteiger partial charge in [-0.25, -0.2) is 4.98 Å². The van der Waals surface area contributed by atoms with E-state index in [2.05, 4.69) is 21.9 Å². The first-order valence-electron chi connectivity index (χ1n) is 5.77. The van der Waals surface area contributed by atoms with Crippen molar-refractivity contribution in [2.24, 2.45) is 5.73 Å². The SMILES string of the molecule is CN1CCC(c2cnc(C(N)CC(=O)O)[nH]2)C1. The van der Waals surface area contributed by atoms with Gasteiger partial charge in [0.25, 0.3) is 0 Å². The smallest absolute Gasteiger partial charge is 0.305 e. The molecule has 0 saturated carbocycles. The fourth-order valence-electron chi connectivity index (χ4n) is 2.22. The Morgan fingerprint density at radius 2 is 2.59 bits per heavy atom. The van der Waals surface area contributed by atoms with Crippen LogP contribution >= 0.6 is 0 Å². The molecule has 1 fully saturated rings. The molecule has 1 aromatic rings. The quantitative estimate of drug-likeness (QED) is 0.701. The van der Waals surface area contributed by atoms with E-state index in [9.17, 15) is 4.79 Å². The summed E-state index contributed by atoms with van der Waals surface area (Å²) in [4.78, 5) is 20.2. The molecule has 17 heavy (non-hydrogen) atoms. The van der Waals surface area contributed by atoms with E-state index in [1.165, 1.54) is 0 Å². The monoisotopic (exact) mass is 238 g/mol. The van der Waals surface area contributed by atoms with Crippen molar-refractivity contribution >= 4 is 5.97 Å². The second-order valence-corrected chi connectivity index (χ2v) is 4.68. The summed E-state index contributed by atoms with van der Waals surface area (Å²) in [5.74, 6) is 0.117. The Hall–Kier alpha value is -1.40. The molecule has 94 valence electrons. The number of carboxylic acid groups (broad SMARTS) is 1. The first-order chi connectivity index (χ1) is 8.06. The van der Waals surface area contributed by atoms with Gasteiger partial charge in [-0.05, 0) is 20.0 Å². The van der Waals surface area contributed by atoms with Crippen LogP contribution in [0, 0.1) is 0 Å². The van der Waals surface area contributed by atoms with E-state index in [0.717, 1.165) is 25.2 Å². The van der Waals surface area contributed by atoms with Crippen LogP contribution in [0.25, 0.3) is 0 Å². The van der Waals surface area contributed by atoms with Crippen molar-refractivity contribution in [2.45, 2.75) is 24.8 Å². The Bertz CT molecular complexity index is 404. The highest BCUT2D eigenvalue weighted by atomic mass is 16.4. The van der Waals surface area contributed by atoms with Gasteiger partial charge in [0.05, 0.1) is 12.5 Å². The first kappa shape index (κ1) is 12.1. The van der Waals surface area contributed by atoms with Gasteiger partial charge < -0.3 is 20.7 Å². The van der Waals surface area contributed by atoms with Gasteiger partial charge in [0.15, 0.2) is 0 Å². The maximum atomic E-state index is 10.6. The van der Waals surface area contributed by atoms with Crippen LogP contribution in [0.3, 0.4) is 0 Å². The van der Waals surface area contributed by atoms with Gasteiger partial charge in [-0.2, -0.15) is 0 Å². The van der Waals surface area contributed by atoms with Crippen LogP contribution in [0.4, 0.5) is 0 Å². The van der Waals surface area contributed by atoms with Gasteiger partial charge >= 0.3 is 5.97 Å². The third kappa shape index (κ3) is 2.83. The molecule has 1 aliphatic heterocycles. The molecule has 0 spiro atoms. The lowest BCUT2D eigenvalue weighted by molar-refractivity contribution is -0.137. The highest BCUT2D eigenvalue weighted by Gasteiger charge is 2.23. The van der Waals surface area contributed by atoms with Gasteiger partial charge in [0.1, 0.15) is 5.82 Å². The van der Waals surface area contributed by atoms with E-state index >= 15 is 0 Å². The van der Waals surface area contributed by atoms with Gasteiger partial charge in [-0.3, -0.25) is 4.79 Å². The summed E-state index contributed by atoms with van der Waals surface area (Å²) in [5, 5.41) is 8.67. The van der Waals surface area contributed by atoms with Crippen molar-refractivity contribution in [3.8, 4) is 0 Å². The number of rotatable bonds is 4. The predicted octanol–water partition coefficient (Wildman–Crippen LogP) is 0.303. The molecule has 1 aromatic heterocycles. The Morgan fingerprint density at radius 3 is 3.18 bits per heavy atom. The molecule has 2 rings (SSSR count). The zero-order valence-corrected chi connectivity index (χ0v) is 9.89. The molecule has 1 aliphatic rings. The number of hydrogen-bond donors (Lipinski definition) is 3. The summed E-state index contributed by atoms with van der Waals surface area (Å²) in [6.45, 7) is 2.09. The van der Waals surface area contributed by atoms with E-state index in [4.69, 9.17) is 10.8 Å². The fraction of sp³-hybridized carbons (Fsp3) is 0.636. The van der Waals surface area contributed by atoms with Crippen molar-refractivity contribution in [1.29, 1.82) is 0 Å². The second-order valence-electron chi connectivity index (χ2n) is 4.68. The Balaban J connectivity index is 2.02. The van der Waals surface area contributed by atoms with E-state index in [1.54, 1.807) is 6.20 Å². The van der Waals surface area contributed by atoms with Gasteiger partial charge in [-0.15, -0.1) is 0 Å². The maximum Gasteiger partial charge on any atom is 0.305 e. The summed E-state index contributed by atoms with van der Waals surface area (Å²) >= 11 is 0. The zero-order chi connectivity index (χ0) is 12.4. The van der Waals surface area contributed by atoms with Gasteiger partial charge in [0.2, 0.25) is 0 Å². The summed E-state index contributed by atoms with van der Waals surface area (Å²) in [6.07, 6.45) is 2.78. The summed E-state index contributed by atoms with van der Waals surface area (Å²) in [6, 6.07) is -0.555. The third-order valence-corrected chi connectivity index (χ3v) is 3.19. The van der Waals surface area contributed by atoms with Crippen LogP contribution in [0.15, 0.2) is 6.20 Å². The molecule has 6 nitrogen and oxygen atoms in total. The number of H-pyrrole nitrogens is 1. The first-order valence-corrected chi connectivity index (χ1v) is 5.77. The van der Waals surface area contributed by atoms with Crippen molar-refractivity contribution in [2.75, 3.05) is 20.1 Å². The van der Waals surface area contributed by atoms with Crippen molar-refractivity contribution in [3.05, 3.63) is 17.7 Å². The van der Waals surface area contributed by atoms with Crippen LogP contribution in [-0.2, 0) is 4.79 Å². The number of aliphatic carboxylic acids is 1. The maximum absolute atomic E-state index is 10.6. The van der Waals surface area contributed by atoms with Crippen molar-refractivity contribution in [1.82, 2.24) is 14.9 Å². The van der Waals surface area contributed by atoms with E-state index in [-0.39, 0.29) is 6.42 Å². The number of imidazole rings is 1. The molecule has 0 aromatic carbocycles.